The molecule has 0 radical (unpaired) electrons. The summed E-state index contributed by atoms with van der Waals surface area (Å²) in [7, 11) is 1.53. The molecule has 6 heteroatoms. The molecule has 0 spiro atoms. The fourth-order valence-corrected chi connectivity index (χ4v) is 4.44. The second-order valence-corrected chi connectivity index (χ2v) is 8.42. The van der Waals surface area contributed by atoms with Gasteiger partial charge in [0.2, 0.25) is 5.91 Å². The zero-order valence-corrected chi connectivity index (χ0v) is 18.8. The summed E-state index contributed by atoms with van der Waals surface area (Å²) in [5, 5.41) is 10.0. The van der Waals surface area contributed by atoms with Gasteiger partial charge in [0.25, 0.3) is 0 Å². The summed E-state index contributed by atoms with van der Waals surface area (Å²) in [5.74, 6) is 0.307. The normalized spacial score (nSPS) is 14.7. The minimum atomic E-state index is -0.313. The maximum absolute atomic E-state index is 13.5. The van der Waals surface area contributed by atoms with Crippen LogP contribution in [-0.4, -0.2) is 42.2 Å². The van der Waals surface area contributed by atoms with Crippen molar-refractivity contribution in [1.82, 2.24) is 4.90 Å². The van der Waals surface area contributed by atoms with E-state index >= 15 is 0 Å². The van der Waals surface area contributed by atoms with E-state index in [0.717, 1.165) is 49.3 Å². The van der Waals surface area contributed by atoms with Crippen LogP contribution in [0.25, 0.3) is 0 Å². The molecule has 33 heavy (non-hydrogen) atoms. The number of benzene rings is 3. The number of anilines is 1. The lowest BCUT2D eigenvalue weighted by Gasteiger charge is -2.38. The summed E-state index contributed by atoms with van der Waals surface area (Å²) in [6.07, 6.45) is 1.95. The Morgan fingerprint density at radius 2 is 1.73 bits per heavy atom. The van der Waals surface area contributed by atoms with Crippen molar-refractivity contribution in [3.05, 3.63) is 89.7 Å². The van der Waals surface area contributed by atoms with Crippen molar-refractivity contribution >= 4 is 11.6 Å². The van der Waals surface area contributed by atoms with Gasteiger partial charge < -0.3 is 14.7 Å². The summed E-state index contributed by atoms with van der Waals surface area (Å²) < 4.78 is 18.7. The molecule has 4 rings (SSSR count). The molecule has 0 aromatic heterocycles. The Hall–Kier alpha value is -3.38. The lowest BCUT2D eigenvalue weighted by atomic mass is 10.00. The number of hydrogen-bond acceptors (Lipinski definition) is 4. The van der Waals surface area contributed by atoms with E-state index < -0.39 is 0 Å². The molecule has 172 valence electrons. The lowest BCUT2D eigenvalue weighted by molar-refractivity contribution is -0.118. The van der Waals surface area contributed by atoms with E-state index in [9.17, 15) is 14.3 Å². The Kier molecular flexibility index (Phi) is 7.25. The molecule has 0 saturated carbocycles. The first-order chi connectivity index (χ1) is 16.0. The van der Waals surface area contributed by atoms with Gasteiger partial charge in [0.15, 0.2) is 11.5 Å². The molecule has 5 nitrogen and oxygen atoms in total. The number of piperidine rings is 1. The molecule has 1 fully saturated rings. The molecule has 1 N–H and O–H groups in total. The van der Waals surface area contributed by atoms with Crippen molar-refractivity contribution in [2.75, 3.05) is 25.1 Å². The maximum atomic E-state index is 13.5. The zero-order valence-electron chi connectivity index (χ0n) is 18.8. The third-order valence-corrected chi connectivity index (χ3v) is 6.14. The molecule has 0 atom stereocenters. The third kappa shape index (κ3) is 5.71. The highest BCUT2D eigenvalue weighted by Crippen LogP contribution is 2.29. The van der Waals surface area contributed by atoms with Crippen molar-refractivity contribution in [2.45, 2.75) is 31.8 Å². The average Bonchev–Trinajstić information content (AvgIpc) is 2.82. The zero-order chi connectivity index (χ0) is 23.2. The van der Waals surface area contributed by atoms with Gasteiger partial charge in [-0.05, 0) is 60.4 Å². The van der Waals surface area contributed by atoms with Gasteiger partial charge in [-0.2, -0.15) is 0 Å². The highest BCUT2D eigenvalue weighted by molar-refractivity contribution is 5.95. The van der Waals surface area contributed by atoms with Crippen molar-refractivity contribution in [3.8, 4) is 11.5 Å². The van der Waals surface area contributed by atoms with E-state index in [2.05, 4.69) is 4.90 Å². The average molecular weight is 449 g/mol. The van der Waals surface area contributed by atoms with E-state index in [0.29, 0.717) is 12.2 Å². The van der Waals surface area contributed by atoms with E-state index in [1.54, 1.807) is 24.3 Å². The first kappa shape index (κ1) is 22.8. The molecule has 1 heterocycles. The fourth-order valence-electron chi connectivity index (χ4n) is 4.44. The molecule has 3 aromatic carbocycles. The number of carbonyl (C=O) groups is 1. The highest BCUT2D eigenvalue weighted by Gasteiger charge is 2.29. The van der Waals surface area contributed by atoms with Crippen LogP contribution in [0, 0.1) is 5.82 Å². The summed E-state index contributed by atoms with van der Waals surface area (Å²) in [5.41, 5.74) is 2.71. The summed E-state index contributed by atoms with van der Waals surface area (Å²) >= 11 is 0. The lowest BCUT2D eigenvalue weighted by Crippen LogP contribution is -2.48. The molecular formula is C27H29FN2O3. The summed E-state index contributed by atoms with van der Waals surface area (Å²) in [6, 6.07) is 21.4. The number of aromatic hydroxyl groups is 1. The number of rotatable bonds is 7. The first-order valence-electron chi connectivity index (χ1n) is 11.2. The van der Waals surface area contributed by atoms with Crippen LogP contribution in [0.15, 0.2) is 72.8 Å². The largest absolute Gasteiger partial charge is 0.504 e. The van der Waals surface area contributed by atoms with Crippen LogP contribution in [0.5, 0.6) is 11.5 Å². The number of nitrogens with zero attached hydrogens (tertiary/aromatic N) is 2. The quantitative estimate of drug-likeness (QED) is 0.565. The van der Waals surface area contributed by atoms with Gasteiger partial charge in [0.1, 0.15) is 5.82 Å². The van der Waals surface area contributed by atoms with E-state index in [1.165, 1.54) is 19.2 Å². The number of amides is 1. The van der Waals surface area contributed by atoms with Crippen LogP contribution in [0.3, 0.4) is 0 Å². The Morgan fingerprint density at radius 1 is 1.03 bits per heavy atom. The molecule has 1 amide bonds. The summed E-state index contributed by atoms with van der Waals surface area (Å²) in [4.78, 5) is 17.5. The fraction of sp³-hybridized carbons (Fsp3) is 0.296. The second-order valence-electron chi connectivity index (χ2n) is 8.42. The maximum Gasteiger partial charge on any atom is 0.231 e. The predicted molar refractivity (Wildman–Crippen MR) is 127 cm³/mol. The van der Waals surface area contributed by atoms with Gasteiger partial charge in [0, 0.05) is 31.4 Å². The van der Waals surface area contributed by atoms with Crippen LogP contribution in [0.2, 0.25) is 0 Å². The molecule has 1 aliphatic rings. The monoisotopic (exact) mass is 448 g/mol. The molecule has 1 aliphatic heterocycles. The minimum absolute atomic E-state index is 0.0198. The molecule has 0 bridgehead atoms. The van der Waals surface area contributed by atoms with Gasteiger partial charge in [-0.3, -0.25) is 9.69 Å². The summed E-state index contributed by atoms with van der Waals surface area (Å²) in [6.45, 7) is 2.38. The van der Waals surface area contributed by atoms with Gasteiger partial charge in [-0.25, -0.2) is 4.39 Å². The van der Waals surface area contributed by atoms with Gasteiger partial charge in [-0.15, -0.1) is 0 Å². The van der Waals surface area contributed by atoms with Crippen LogP contribution < -0.4 is 9.64 Å². The number of phenolic OH excluding ortho intramolecular Hbond substituents is 1. The van der Waals surface area contributed by atoms with Crippen molar-refractivity contribution in [3.63, 3.8) is 0 Å². The standard InChI is InChI=1S/C27H29FN2O3/c1-33-26-12-7-21(17-25(26)31)19-29-15-13-24(14-16-29)30(23-10-8-22(28)9-11-23)27(32)18-20-5-3-2-4-6-20/h2-12,17,24,31H,13-16,18-19H2,1H3. The number of hydrogen-bond donors (Lipinski definition) is 1. The Bertz CT molecular complexity index is 1060. The van der Waals surface area contributed by atoms with E-state index in [-0.39, 0.29) is 23.5 Å². The van der Waals surface area contributed by atoms with Gasteiger partial charge >= 0.3 is 0 Å². The first-order valence-corrected chi connectivity index (χ1v) is 11.2. The number of halogens is 1. The van der Waals surface area contributed by atoms with Crippen molar-refractivity contribution < 1.29 is 19.0 Å². The molecular weight excluding hydrogens is 419 g/mol. The Morgan fingerprint density at radius 3 is 2.36 bits per heavy atom. The number of phenols is 1. The molecule has 1 saturated heterocycles. The Balaban J connectivity index is 1.45. The SMILES string of the molecule is COc1ccc(CN2CCC(N(C(=O)Cc3ccccc3)c3ccc(F)cc3)CC2)cc1O. The van der Waals surface area contributed by atoms with Crippen molar-refractivity contribution in [2.24, 2.45) is 0 Å². The van der Waals surface area contributed by atoms with Crippen LogP contribution >= 0.6 is 0 Å². The minimum Gasteiger partial charge on any atom is -0.504 e. The molecule has 3 aromatic rings. The van der Waals surface area contributed by atoms with Crippen LogP contribution in [-0.2, 0) is 17.8 Å². The Labute approximate surface area is 194 Å². The van der Waals surface area contributed by atoms with Crippen molar-refractivity contribution in [1.29, 1.82) is 0 Å². The molecule has 0 unspecified atom stereocenters. The smallest absolute Gasteiger partial charge is 0.231 e. The van der Waals surface area contributed by atoms with Gasteiger partial charge in [0.05, 0.1) is 13.5 Å². The van der Waals surface area contributed by atoms with E-state index in [1.807, 2.05) is 41.3 Å². The molecule has 0 aliphatic carbocycles. The van der Waals surface area contributed by atoms with Crippen LogP contribution in [0.4, 0.5) is 10.1 Å². The predicted octanol–water partition coefficient (Wildman–Crippen LogP) is 4.78. The number of likely N-dealkylation sites (tertiary alicyclic amines) is 1. The van der Waals surface area contributed by atoms with E-state index in [4.69, 9.17) is 4.74 Å². The highest BCUT2D eigenvalue weighted by atomic mass is 19.1. The third-order valence-electron chi connectivity index (χ3n) is 6.14. The number of carbonyl (C=O) groups excluding carboxylic acids is 1. The number of ether oxygens (including phenoxy) is 1. The number of methoxy groups -OCH3 is 1. The van der Waals surface area contributed by atoms with Crippen LogP contribution in [0.1, 0.15) is 24.0 Å². The second kappa shape index (κ2) is 10.5. The van der Waals surface area contributed by atoms with Gasteiger partial charge in [-0.1, -0.05) is 36.4 Å². The topological polar surface area (TPSA) is 53.0 Å².